The maximum atomic E-state index is 7.69. The van der Waals surface area contributed by atoms with Crippen LogP contribution in [0.4, 0.5) is 0 Å². The molecule has 9 heteroatoms. The highest BCUT2D eigenvalue weighted by Gasteiger charge is 2.67. The average Bonchev–Trinajstić information content (AvgIpc) is 3.19. The van der Waals surface area contributed by atoms with Crippen LogP contribution >= 0.6 is 0 Å². The Morgan fingerprint density at radius 1 is 0.886 bits per heavy atom. The molecular weight excluding hydrogens is 601 g/mol. The molecule has 6 atom stereocenters. The molecule has 3 rings (SSSR count). The van der Waals surface area contributed by atoms with Gasteiger partial charge in [-0.15, -0.1) is 6.58 Å². The molecular formula is C35H70O6Si3. The lowest BCUT2D eigenvalue weighted by Crippen LogP contribution is -2.72. The Balaban J connectivity index is 2.06. The molecule has 3 heterocycles. The van der Waals surface area contributed by atoms with E-state index in [1.807, 2.05) is 6.08 Å². The van der Waals surface area contributed by atoms with Crippen LogP contribution in [0, 0.1) is 5.92 Å². The van der Waals surface area contributed by atoms with E-state index in [9.17, 15) is 0 Å². The van der Waals surface area contributed by atoms with Crippen LogP contribution in [0.25, 0.3) is 0 Å². The van der Waals surface area contributed by atoms with Crippen LogP contribution in [0.5, 0.6) is 0 Å². The molecule has 44 heavy (non-hydrogen) atoms. The van der Waals surface area contributed by atoms with Crippen molar-refractivity contribution in [1.82, 2.24) is 0 Å². The first-order valence-corrected chi connectivity index (χ1v) is 24.3. The third kappa shape index (κ3) is 6.84. The number of hydrogen-bond acceptors (Lipinski definition) is 6. The molecule has 6 nitrogen and oxygen atoms in total. The van der Waals surface area contributed by atoms with Gasteiger partial charge in [0.05, 0.1) is 25.4 Å². The summed E-state index contributed by atoms with van der Waals surface area (Å²) in [4.78, 5) is 0. The molecule has 0 aromatic rings. The van der Waals surface area contributed by atoms with Gasteiger partial charge in [-0.25, -0.2) is 0 Å². The largest absolute Gasteiger partial charge is 0.414 e. The molecule has 0 unspecified atom stereocenters. The second-order valence-corrected chi connectivity index (χ2v) is 33.5. The topological polar surface area (TPSA) is 55.4 Å². The van der Waals surface area contributed by atoms with Crippen LogP contribution in [0.2, 0.25) is 44.8 Å². The molecule has 0 aromatic heterocycles. The molecule has 0 aliphatic carbocycles. The Bertz CT molecular complexity index is 956. The van der Waals surface area contributed by atoms with Crippen molar-refractivity contribution < 1.29 is 27.2 Å². The summed E-state index contributed by atoms with van der Waals surface area (Å²) in [7, 11) is -6.95. The van der Waals surface area contributed by atoms with E-state index in [0.717, 1.165) is 6.42 Å². The van der Waals surface area contributed by atoms with Crippen LogP contribution in [-0.4, -0.2) is 68.6 Å². The Morgan fingerprint density at radius 3 is 1.84 bits per heavy atom. The molecule has 0 radical (unpaired) electrons. The minimum atomic E-state index is -2.76. The van der Waals surface area contributed by atoms with Gasteiger partial charge < -0.3 is 27.2 Å². The Labute approximate surface area is 275 Å². The molecule has 3 fully saturated rings. The van der Waals surface area contributed by atoms with E-state index >= 15 is 0 Å². The highest BCUT2D eigenvalue weighted by Crippen LogP contribution is 2.58. The highest BCUT2D eigenvalue weighted by molar-refractivity contribution is 6.77. The van der Waals surface area contributed by atoms with Gasteiger partial charge in [-0.1, -0.05) is 110 Å². The van der Waals surface area contributed by atoms with Crippen molar-refractivity contribution in [2.24, 2.45) is 5.92 Å². The molecule has 0 saturated carbocycles. The zero-order valence-electron chi connectivity index (χ0n) is 31.7. The fourth-order valence-electron chi connectivity index (χ4n) is 8.49. The van der Waals surface area contributed by atoms with E-state index in [0.29, 0.717) is 36.3 Å². The molecule has 3 aliphatic rings. The monoisotopic (exact) mass is 670 g/mol. The summed E-state index contributed by atoms with van der Waals surface area (Å²) >= 11 is 0. The van der Waals surface area contributed by atoms with Gasteiger partial charge in [0.2, 0.25) is 8.32 Å². The first kappa shape index (κ1) is 38.6. The number of rotatable bonds is 9. The van der Waals surface area contributed by atoms with Gasteiger partial charge in [0, 0.05) is 22.4 Å². The number of fused-ring (bicyclic) bond motifs is 1. The molecule has 3 saturated heterocycles. The van der Waals surface area contributed by atoms with E-state index in [1.165, 1.54) is 0 Å². The van der Waals surface area contributed by atoms with Crippen molar-refractivity contribution in [3.63, 3.8) is 0 Å². The zero-order valence-corrected chi connectivity index (χ0v) is 34.7. The van der Waals surface area contributed by atoms with E-state index < -0.39 is 31.0 Å². The third-order valence-corrected chi connectivity index (χ3v) is 27.3. The van der Waals surface area contributed by atoms with Gasteiger partial charge in [-0.2, -0.15) is 0 Å². The Hall–Kier alpha value is 0.151. The highest BCUT2D eigenvalue weighted by atomic mass is 28.4. The van der Waals surface area contributed by atoms with Gasteiger partial charge in [-0.05, 0) is 41.2 Å². The summed E-state index contributed by atoms with van der Waals surface area (Å²) in [5.41, 5.74) is 1.37. The predicted molar refractivity (Wildman–Crippen MR) is 190 cm³/mol. The van der Waals surface area contributed by atoms with Crippen LogP contribution in [-0.2, 0) is 27.2 Å². The normalized spacial score (nSPS) is 32.1. The summed E-state index contributed by atoms with van der Waals surface area (Å²) < 4.78 is 42.8. The maximum absolute atomic E-state index is 7.69. The van der Waals surface area contributed by atoms with Crippen LogP contribution in [0.3, 0.4) is 0 Å². The smallest absolute Gasteiger partial charge is 0.349 e. The molecule has 258 valence electrons. The summed E-state index contributed by atoms with van der Waals surface area (Å²) in [5.74, 6) is -0.803. The van der Waals surface area contributed by atoms with E-state index in [-0.39, 0.29) is 45.4 Å². The second kappa shape index (κ2) is 12.9. The molecule has 3 aliphatic heterocycles. The summed E-state index contributed by atoms with van der Waals surface area (Å²) in [6, 6.07) is 0. The quantitative estimate of drug-likeness (QED) is 0.180. The molecule has 0 amide bonds. The average molecular weight is 671 g/mol. The van der Waals surface area contributed by atoms with E-state index in [4.69, 9.17) is 27.2 Å². The number of hydrogen-bond donors (Lipinski definition) is 0. The Morgan fingerprint density at radius 2 is 1.41 bits per heavy atom. The van der Waals surface area contributed by atoms with Gasteiger partial charge in [0.15, 0.2) is 14.1 Å². The van der Waals surface area contributed by atoms with Gasteiger partial charge in [0.1, 0.15) is 12.2 Å². The lowest BCUT2D eigenvalue weighted by Gasteiger charge is -2.60. The lowest BCUT2D eigenvalue weighted by atomic mass is 9.86. The fraction of sp³-hybridized carbons (Fsp3) is 0.943. The van der Waals surface area contributed by atoms with Crippen LogP contribution in [0.1, 0.15) is 117 Å². The molecule has 0 N–H and O–H groups in total. The zero-order chi connectivity index (χ0) is 33.9. The first-order valence-electron chi connectivity index (χ1n) is 17.4. The van der Waals surface area contributed by atoms with Gasteiger partial charge in [-0.3, -0.25) is 0 Å². The van der Waals surface area contributed by atoms with E-state index in [2.05, 4.69) is 124 Å². The lowest BCUT2D eigenvalue weighted by molar-refractivity contribution is -0.330. The second-order valence-electron chi connectivity index (χ2n) is 18.5. The summed E-state index contributed by atoms with van der Waals surface area (Å²) in [5, 5.41) is -0.114. The van der Waals surface area contributed by atoms with Crippen molar-refractivity contribution in [1.29, 1.82) is 0 Å². The number of ether oxygens (including phenoxy) is 2. The fourth-order valence-corrected chi connectivity index (χ4v) is 20.1. The Kier molecular flexibility index (Phi) is 11.3. The van der Waals surface area contributed by atoms with Gasteiger partial charge in [0.25, 0.3) is 0 Å². The standard InChI is InChI=1S/C35H70O6Si3/c1-19-27-20-28(22-36-42(17,18)32(8,9)10)38-35(27)21-29(40-43(24(2)3,25(4)5)26(6)7)31-30(39-35)23-37-44(41-31,33(11,12)13)34(14,15)16/h19,24-31H,1,20-23H2,2-18H3/t27-,28+,29+,30+,31-,35-/m0/s1. The predicted octanol–water partition coefficient (Wildman–Crippen LogP) is 10.1. The van der Waals surface area contributed by atoms with Crippen molar-refractivity contribution in [3.8, 4) is 0 Å². The molecule has 0 aromatic carbocycles. The SMILES string of the molecule is C=C[C@H]1C[C@H](CO[Si](C)(C)C(C)(C)C)O[C@]12C[C@@H](O[Si](C(C)C)(C(C)C)C(C)C)[C@@H]1O[Si](C(C)(C)C)(C(C)(C)C)OC[C@H]1O2. The van der Waals surface area contributed by atoms with Crippen LogP contribution < -0.4 is 0 Å². The van der Waals surface area contributed by atoms with Crippen LogP contribution in [0.15, 0.2) is 12.7 Å². The third-order valence-electron chi connectivity index (χ3n) is 11.5. The van der Waals surface area contributed by atoms with E-state index in [1.54, 1.807) is 0 Å². The summed E-state index contributed by atoms with van der Waals surface area (Å²) in [6.07, 6.45) is 2.79. The van der Waals surface area contributed by atoms with Crippen molar-refractivity contribution in [3.05, 3.63) is 12.7 Å². The first-order chi connectivity index (χ1) is 19.8. The molecule has 1 spiro atoms. The molecule has 0 bridgehead atoms. The van der Waals surface area contributed by atoms with Crippen molar-refractivity contribution in [2.45, 2.75) is 192 Å². The summed E-state index contributed by atoms with van der Waals surface area (Å²) in [6.45, 7) is 44.6. The van der Waals surface area contributed by atoms with Gasteiger partial charge >= 0.3 is 8.56 Å². The minimum absolute atomic E-state index is 0.0324. The van der Waals surface area contributed by atoms with Crippen molar-refractivity contribution in [2.75, 3.05) is 13.2 Å². The van der Waals surface area contributed by atoms with Crippen molar-refractivity contribution >= 4 is 25.2 Å². The minimum Gasteiger partial charge on any atom is -0.414 e. The maximum Gasteiger partial charge on any atom is 0.349 e.